The van der Waals surface area contributed by atoms with E-state index >= 15 is 0 Å². The minimum absolute atomic E-state index is 0.194. The lowest BCUT2D eigenvalue weighted by molar-refractivity contribution is 0.102. The quantitative estimate of drug-likeness (QED) is 0.872. The first-order valence-corrected chi connectivity index (χ1v) is 7.10. The van der Waals surface area contributed by atoms with Gasteiger partial charge in [-0.05, 0) is 42.8 Å². The standard InChI is InChI=1S/C14H13BrClN3O/c1-8-7-9(3-4-10(8)15)18-14(20)13-11(16)5-6-12(17-2)19-13/h3-7H,1-2H3,(H,17,19)(H,18,20). The van der Waals surface area contributed by atoms with Gasteiger partial charge in [-0.3, -0.25) is 4.79 Å². The monoisotopic (exact) mass is 353 g/mol. The summed E-state index contributed by atoms with van der Waals surface area (Å²) in [5, 5.41) is 5.97. The highest BCUT2D eigenvalue weighted by Crippen LogP contribution is 2.22. The maximum atomic E-state index is 12.2. The molecule has 0 saturated carbocycles. The predicted molar refractivity (Wildman–Crippen MR) is 85.6 cm³/mol. The minimum Gasteiger partial charge on any atom is -0.373 e. The maximum absolute atomic E-state index is 12.2. The van der Waals surface area contributed by atoms with Crippen LogP contribution in [0.4, 0.5) is 11.5 Å². The van der Waals surface area contributed by atoms with Crippen molar-refractivity contribution in [2.75, 3.05) is 17.7 Å². The van der Waals surface area contributed by atoms with E-state index in [0.29, 0.717) is 16.5 Å². The van der Waals surface area contributed by atoms with Crippen LogP contribution in [0.5, 0.6) is 0 Å². The number of pyridine rings is 1. The van der Waals surface area contributed by atoms with Gasteiger partial charge in [0.1, 0.15) is 11.5 Å². The summed E-state index contributed by atoms with van der Waals surface area (Å²) in [6.45, 7) is 1.95. The lowest BCUT2D eigenvalue weighted by Crippen LogP contribution is -2.15. The molecule has 0 spiro atoms. The van der Waals surface area contributed by atoms with Gasteiger partial charge in [0.25, 0.3) is 5.91 Å². The van der Waals surface area contributed by atoms with Gasteiger partial charge < -0.3 is 10.6 Å². The third-order valence-corrected chi connectivity index (χ3v) is 3.93. The lowest BCUT2D eigenvalue weighted by atomic mass is 10.2. The topological polar surface area (TPSA) is 54.0 Å². The van der Waals surface area contributed by atoms with E-state index in [1.54, 1.807) is 19.2 Å². The number of carbonyl (C=O) groups excluding carboxylic acids is 1. The Morgan fingerprint density at radius 1 is 1.30 bits per heavy atom. The first-order valence-electron chi connectivity index (χ1n) is 5.93. The van der Waals surface area contributed by atoms with Crippen molar-refractivity contribution in [3.63, 3.8) is 0 Å². The fourth-order valence-corrected chi connectivity index (χ4v) is 2.09. The van der Waals surface area contributed by atoms with Gasteiger partial charge in [0.2, 0.25) is 0 Å². The molecule has 1 aromatic heterocycles. The molecule has 6 heteroatoms. The molecule has 0 aliphatic rings. The Balaban J connectivity index is 2.25. The molecule has 1 aromatic carbocycles. The van der Waals surface area contributed by atoms with Gasteiger partial charge in [0.05, 0.1) is 5.02 Å². The molecule has 0 unspecified atom stereocenters. The van der Waals surface area contributed by atoms with E-state index in [9.17, 15) is 4.79 Å². The Morgan fingerprint density at radius 2 is 2.05 bits per heavy atom. The first kappa shape index (κ1) is 14.8. The van der Waals surface area contributed by atoms with E-state index < -0.39 is 0 Å². The molecule has 2 rings (SSSR count). The van der Waals surface area contributed by atoms with Crippen molar-refractivity contribution in [3.05, 3.63) is 51.1 Å². The van der Waals surface area contributed by atoms with Crippen LogP contribution >= 0.6 is 27.5 Å². The number of hydrogen-bond acceptors (Lipinski definition) is 3. The number of amides is 1. The highest BCUT2D eigenvalue weighted by molar-refractivity contribution is 9.10. The van der Waals surface area contributed by atoms with Crippen LogP contribution in [0.25, 0.3) is 0 Å². The summed E-state index contributed by atoms with van der Waals surface area (Å²) in [5.74, 6) is 0.250. The number of benzene rings is 1. The van der Waals surface area contributed by atoms with Gasteiger partial charge in [-0.25, -0.2) is 4.98 Å². The van der Waals surface area contributed by atoms with E-state index in [4.69, 9.17) is 11.6 Å². The summed E-state index contributed by atoms with van der Waals surface area (Å²) in [7, 11) is 1.73. The molecular formula is C14H13BrClN3O. The number of aromatic nitrogens is 1. The third kappa shape index (κ3) is 3.29. The SMILES string of the molecule is CNc1ccc(Cl)c(C(=O)Nc2ccc(Br)c(C)c2)n1. The third-order valence-electron chi connectivity index (χ3n) is 2.73. The molecule has 2 N–H and O–H groups in total. The smallest absolute Gasteiger partial charge is 0.275 e. The number of carbonyl (C=O) groups is 1. The van der Waals surface area contributed by atoms with Crippen molar-refractivity contribution in [3.8, 4) is 0 Å². The summed E-state index contributed by atoms with van der Waals surface area (Å²) in [6.07, 6.45) is 0. The van der Waals surface area contributed by atoms with Gasteiger partial charge in [0, 0.05) is 17.2 Å². The highest BCUT2D eigenvalue weighted by Gasteiger charge is 2.13. The normalized spacial score (nSPS) is 10.2. The average molecular weight is 355 g/mol. The Labute approximate surface area is 130 Å². The number of halogens is 2. The number of rotatable bonds is 3. The van der Waals surface area contributed by atoms with Crippen LogP contribution in [0.15, 0.2) is 34.8 Å². The summed E-state index contributed by atoms with van der Waals surface area (Å²) >= 11 is 9.43. The summed E-state index contributed by atoms with van der Waals surface area (Å²) < 4.78 is 0.990. The Hall–Kier alpha value is -1.59. The largest absolute Gasteiger partial charge is 0.373 e. The molecule has 1 heterocycles. The van der Waals surface area contributed by atoms with Crippen molar-refractivity contribution in [2.24, 2.45) is 0 Å². The molecule has 0 atom stereocenters. The fourth-order valence-electron chi connectivity index (χ4n) is 1.65. The fraction of sp³-hybridized carbons (Fsp3) is 0.143. The number of nitrogens with zero attached hydrogens (tertiary/aromatic N) is 1. The van der Waals surface area contributed by atoms with Crippen LogP contribution in [0.1, 0.15) is 16.1 Å². The van der Waals surface area contributed by atoms with Gasteiger partial charge in [-0.2, -0.15) is 0 Å². The second kappa shape index (κ2) is 6.24. The Bertz CT molecular complexity index is 661. The summed E-state index contributed by atoms with van der Waals surface area (Å²) in [6, 6.07) is 8.91. The van der Waals surface area contributed by atoms with E-state index in [1.165, 1.54) is 0 Å². The molecule has 0 fully saturated rings. The molecule has 104 valence electrons. The molecule has 0 bridgehead atoms. The van der Waals surface area contributed by atoms with Crippen molar-refractivity contribution < 1.29 is 4.79 Å². The molecule has 20 heavy (non-hydrogen) atoms. The van der Waals surface area contributed by atoms with Crippen molar-refractivity contribution in [1.82, 2.24) is 4.98 Å². The van der Waals surface area contributed by atoms with Crippen LogP contribution in [-0.4, -0.2) is 17.9 Å². The van der Waals surface area contributed by atoms with Crippen molar-refractivity contribution in [1.29, 1.82) is 0 Å². The molecule has 0 aliphatic carbocycles. The zero-order chi connectivity index (χ0) is 14.7. The van der Waals surface area contributed by atoms with Gasteiger partial charge >= 0.3 is 0 Å². The first-order chi connectivity index (χ1) is 9.51. The Morgan fingerprint density at radius 3 is 2.70 bits per heavy atom. The van der Waals surface area contributed by atoms with E-state index in [0.717, 1.165) is 10.0 Å². The zero-order valence-corrected chi connectivity index (χ0v) is 13.3. The number of aryl methyl sites for hydroxylation is 1. The van der Waals surface area contributed by atoms with Crippen molar-refractivity contribution in [2.45, 2.75) is 6.92 Å². The number of hydrogen-bond donors (Lipinski definition) is 2. The molecule has 2 aromatic rings. The van der Waals surface area contributed by atoms with Crippen LogP contribution in [0.2, 0.25) is 5.02 Å². The van der Waals surface area contributed by atoms with E-state index in [1.807, 2.05) is 25.1 Å². The zero-order valence-electron chi connectivity index (χ0n) is 11.0. The lowest BCUT2D eigenvalue weighted by Gasteiger charge is -2.09. The van der Waals surface area contributed by atoms with Crippen LogP contribution < -0.4 is 10.6 Å². The maximum Gasteiger partial charge on any atom is 0.275 e. The van der Waals surface area contributed by atoms with Crippen molar-refractivity contribution >= 4 is 44.9 Å². The van der Waals surface area contributed by atoms with E-state index in [-0.39, 0.29) is 11.6 Å². The highest BCUT2D eigenvalue weighted by atomic mass is 79.9. The van der Waals surface area contributed by atoms with Gasteiger partial charge in [-0.1, -0.05) is 27.5 Å². The second-order valence-electron chi connectivity index (χ2n) is 4.20. The van der Waals surface area contributed by atoms with Crippen LogP contribution in [0, 0.1) is 6.92 Å². The second-order valence-corrected chi connectivity index (χ2v) is 5.46. The van der Waals surface area contributed by atoms with Gasteiger partial charge in [-0.15, -0.1) is 0 Å². The van der Waals surface area contributed by atoms with Gasteiger partial charge in [0.15, 0.2) is 0 Å². The molecule has 0 aliphatic heterocycles. The summed E-state index contributed by atoms with van der Waals surface area (Å²) in [5.41, 5.74) is 1.92. The summed E-state index contributed by atoms with van der Waals surface area (Å²) in [4.78, 5) is 16.4. The molecule has 0 radical (unpaired) electrons. The average Bonchev–Trinajstić information content (AvgIpc) is 2.43. The molecule has 0 saturated heterocycles. The predicted octanol–water partition coefficient (Wildman–Crippen LogP) is 4.10. The Kier molecular flexibility index (Phi) is 4.62. The molecule has 1 amide bonds. The number of nitrogens with one attached hydrogen (secondary N) is 2. The molecular weight excluding hydrogens is 342 g/mol. The number of anilines is 2. The van der Waals surface area contributed by atoms with E-state index in [2.05, 4.69) is 31.5 Å². The minimum atomic E-state index is -0.339. The molecule has 4 nitrogen and oxygen atoms in total. The van der Waals surface area contributed by atoms with Crippen LogP contribution in [-0.2, 0) is 0 Å². The van der Waals surface area contributed by atoms with Crippen LogP contribution in [0.3, 0.4) is 0 Å².